The number of esters is 1. The zero-order valence-corrected chi connectivity index (χ0v) is 16.2. The summed E-state index contributed by atoms with van der Waals surface area (Å²) in [6.07, 6.45) is 0.0590. The maximum atomic E-state index is 12.3. The highest BCUT2D eigenvalue weighted by Gasteiger charge is 2.36. The van der Waals surface area contributed by atoms with Crippen molar-refractivity contribution < 1.29 is 19.1 Å². The Kier molecular flexibility index (Phi) is 6.31. The van der Waals surface area contributed by atoms with Crippen molar-refractivity contribution in [2.75, 3.05) is 18.1 Å². The summed E-state index contributed by atoms with van der Waals surface area (Å²) < 4.78 is 5.13. The van der Waals surface area contributed by atoms with Crippen LogP contribution in [-0.2, 0) is 19.1 Å². The van der Waals surface area contributed by atoms with Crippen LogP contribution in [0.15, 0.2) is 54.6 Å². The van der Waals surface area contributed by atoms with E-state index in [0.717, 1.165) is 5.56 Å². The van der Waals surface area contributed by atoms with E-state index in [2.05, 4.69) is 5.32 Å². The van der Waals surface area contributed by atoms with E-state index in [1.54, 1.807) is 24.3 Å². The number of amides is 2. The van der Waals surface area contributed by atoms with Gasteiger partial charge in [0.25, 0.3) is 5.91 Å². The molecule has 1 aliphatic rings. The first kappa shape index (κ1) is 19.9. The van der Waals surface area contributed by atoms with Crippen molar-refractivity contribution in [3.8, 4) is 0 Å². The molecular formula is C21H21ClN2O4. The maximum absolute atomic E-state index is 12.3. The van der Waals surface area contributed by atoms with Gasteiger partial charge in [0, 0.05) is 23.7 Å². The number of rotatable bonds is 6. The lowest BCUT2D eigenvalue weighted by Gasteiger charge is -2.17. The molecule has 6 nitrogen and oxygen atoms in total. The van der Waals surface area contributed by atoms with Gasteiger partial charge < -0.3 is 15.0 Å². The Morgan fingerprint density at radius 2 is 1.86 bits per heavy atom. The van der Waals surface area contributed by atoms with Crippen LogP contribution in [0.5, 0.6) is 0 Å². The zero-order chi connectivity index (χ0) is 20.1. The third kappa shape index (κ3) is 4.89. The number of carbonyl (C=O) groups is 3. The maximum Gasteiger partial charge on any atom is 0.311 e. The number of nitrogens with zero attached hydrogens (tertiary/aromatic N) is 1. The van der Waals surface area contributed by atoms with Crippen LogP contribution in [0.25, 0.3) is 0 Å². The van der Waals surface area contributed by atoms with E-state index in [9.17, 15) is 14.4 Å². The van der Waals surface area contributed by atoms with Crippen LogP contribution < -0.4 is 10.2 Å². The van der Waals surface area contributed by atoms with Gasteiger partial charge >= 0.3 is 5.97 Å². The SMILES string of the molecule is C[C@H](NC(=O)COC(=O)[C@@H]1CC(=O)N(c2ccc(Cl)cc2)C1)c1ccccc1. The van der Waals surface area contributed by atoms with Gasteiger partial charge in [0.1, 0.15) is 0 Å². The van der Waals surface area contributed by atoms with Gasteiger partial charge in [0.15, 0.2) is 6.61 Å². The molecule has 2 amide bonds. The normalized spacial score (nSPS) is 17.3. The molecule has 28 heavy (non-hydrogen) atoms. The molecule has 3 rings (SSSR count). The average Bonchev–Trinajstić information content (AvgIpc) is 3.09. The van der Waals surface area contributed by atoms with E-state index in [-0.39, 0.29) is 37.4 Å². The molecule has 0 spiro atoms. The van der Waals surface area contributed by atoms with Gasteiger partial charge in [-0.05, 0) is 36.8 Å². The summed E-state index contributed by atoms with van der Waals surface area (Å²) in [5.74, 6) is -1.69. The summed E-state index contributed by atoms with van der Waals surface area (Å²) in [5, 5.41) is 3.36. The molecule has 0 bridgehead atoms. The van der Waals surface area contributed by atoms with E-state index >= 15 is 0 Å². The second kappa shape index (κ2) is 8.89. The molecule has 146 valence electrons. The molecule has 2 aromatic carbocycles. The minimum absolute atomic E-state index is 0.0590. The second-order valence-electron chi connectivity index (χ2n) is 6.69. The fraction of sp³-hybridized carbons (Fsp3) is 0.286. The Balaban J connectivity index is 1.49. The zero-order valence-electron chi connectivity index (χ0n) is 15.4. The van der Waals surface area contributed by atoms with Crippen LogP contribution in [0.1, 0.15) is 24.9 Å². The summed E-state index contributed by atoms with van der Waals surface area (Å²) in [5.41, 5.74) is 1.64. The smallest absolute Gasteiger partial charge is 0.311 e. The topological polar surface area (TPSA) is 75.7 Å². The lowest BCUT2D eigenvalue weighted by molar-refractivity contribution is -0.152. The van der Waals surface area contributed by atoms with E-state index < -0.39 is 11.9 Å². The van der Waals surface area contributed by atoms with Crippen LogP contribution in [0.4, 0.5) is 5.69 Å². The standard InChI is InChI=1S/C21H21ClN2O4/c1-14(15-5-3-2-4-6-15)23-19(25)13-28-21(27)16-11-20(26)24(12-16)18-9-7-17(22)8-10-18/h2-10,14,16H,11-13H2,1H3,(H,23,25)/t14-,16+/m0/s1. The predicted molar refractivity (Wildman–Crippen MR) is 106 cm³/mol. The summed E-state index contributed by atoms with van der Waals surface area (Å²) in [7, 11) is 0. The largest absolute Gasteiger partial charge is 0.455 e. The third-order valence-electron chi connectivity index (χ3n) is 4.62. The van der Waals surface area contributed by atoms with Gasteiger partial charge in [-0.3, -0.25) is 14.4 Å². The summed E-state index contributed by atoms with van der Waals surface area (Å²) in [4.78, 5) is 38.1. The number of anilines is 1. The lowest BCUT2D eigenvalue weighted by atomic mass is 10.1. The van der Waals surface area contributed by atoms with Crippen LogP contribution in [0, 0.1) is 5.92 Å². The van der Waals surface area contributed by atoms with Crippen LogP contribution in [0.3, 0.4) is 0 Å². The van der Waals surface area contributed by atoms with Gasteiger partial charge in [-0.2, -0.15) is 0 Å². The number of benzene rings is 2. The Labute approximate surface area is 168 Å². The van der Waals surface area contributed by atoms with Crippen molar-refractivity contribution in [2.45, 2.75) is 19.4 Å². The quantitative estimate of drug-likeness (QED) is 0.756. The number of carbonyl (C=O) groups excluding carboxylic acids is 3. The average molecular weight is 401 g/mol. The Morgan fingerprint density at radius 1 is 1.18 bits per heavy atom. The highest BCUT2D eigenvalue weighted by Crippen LogP contribution is 2.27. The minimum atomic E-state index is -0.595. The van der Waals surface area contributed by atoms with Gasteiger partial charge in [-0.15, -0.1) is 0 Å². The van der Waals surface area contributed by atoms with E-state index in [4.69, 9.17) is 16.3 Å². The van der Waals surface area contributed by atoms with E-state index in [1.807, 2.05) is 37.3 Å². The highest BCUT2D eigenvalue weighted by molar-refractivity contribution is 6.30. The summed E-state index contributed by atoms with van der Waals surface area (Å²) >= 11 is 5.86. The molecule has 1 aliphatic heterocycles. The van der Waals surface area contributed by atoms with Crippen molar-refractivity contribution in [2.24, 2.45) is 5.92 Å². The molecule has 2 atom stereocenters. The number of halogens is 1. The molecule has 0 radical (unpaired) electrons. The van der Waals surface area contributed by atoms with Gasteiger partial charge in [0.05, 0.1) is 12.0 Å². The summed E-state index contributed by atoms with van der Waals surface area (Å²) in [6, 6.07) is 16.1. The first-order valence-corrected chi connectivity index (χ1v) is 9.38. The molecule has 1 saturated heterocycles. The molecular weight excluding hydrogens is 380 g/mol. The molecule has 0 saturated carbocycles. The van der Waals surface area contributed by atoms with E-state index in [1.165, 1.54) is 4.90 Å². The molecule has 0 aromatic heterocycles. The van der Waals surface area contributed by atoms with Crippen LogP contribution in [-0.4, -0.2) is 30.9 Å². The Morgan fingerprint density at radius 3 is 2.54 bits per heavy atom. The minimum Gasteiger partial charge on any atom is -0.455 e. The third-order valence-corrected chi connectivity index (χ3v) is 4.87. The monoisotopic (exact) mass is 400 g/mol. The first-order chi connectivity index (χ1) is 13.4. The van der Waals surface area contributed by atoms with Crippen LogP contribution in [0.2, 0.25) is 5.02 Å². The lowest BCUT2D eigenvalue weighted by Crippen LogP contribution is -2.32. The van der Waals surface area contributed by atoms with Crippen molar-refractivity contribution in [3.63, 3.8) is 0 Å². The van der Waals surface area contributed by atoms with Gasteiger partial charge in [0.2, 0.25) is 5.91 Å². The van der Waals surface area contributed by atoms with E-state index in [0.29, 0.717) is 10.7 Å². The molecule has 0 aliphatic carbocycles. The fourth-order valence-corrected chi connectivity index (χ4v) is 3.22. The van der Waals surface area contributed by atoms with Crippen molar-refractivity contribution in [3.05, 3.63) is 65.2 Å². The molecule has 0 unspecified atom stereocenters. The molecule has 7 heteroatoms. The summed E-state index contributed by atoms with van der Waals surface area (Å²) in [6.45, 7) is 1.71. The Hall–Kier alpha value is -2.86. The predicted octanol–water partition coefficient (Wildman–Crippen LogP) is 3.11. The van der Waals surface area contributed by atoms with Crippen molar-refractivity contribution in [1.82, 2.24) is 5.32 Å². The Bertz CT molecular complexity index is 854. The van der Waals surface area contributed by atoms with Crippen molar-refractivity contribution in [1.29, 1.82) is 0 Å². The molecule has 1 N–H and O–H groups in total. The number of hydrogen-bond donors (Lipinski definition) is 1. The number of hydrogen-bond acceptors (Lipinski definition) is 4. The first-order valence-electron chi connectivity index (χ1n) is 9.01. The van der Waals surface area contributed by atoms with Gasteiger partial charge in [-0.25, -0.2) is 0 Å². The number of ether oxygens (including phenoxy) is 1. The van der Waals surface area contributed by atoms with Crippen molar-refractivity contribution >= 4 is 35.1 Å². The van der Waals surface area contributed by atoms with Crippen LogP contribution >= 0.6 is 11.6 Å². The molecule has 1 heterocycles. The van der Waals surface area contributed by atoms with Gasteiger partial charge in [-0.1, -0.05) is 41.9 Å². The number of nitrogens with one attached hydrogen (secondary N) is 1. The second-order valence-corrected chi connectivity index (χ2v) is 7.13. The highest BCUT2D eigenvalue weighted by atomic mass is 35.5. The molecule has 2 aromatic rings. The fourth-order valence-electron chi connectivity index (χ4n) is 3.10. The molecule has 1 fully saturated rings.